The van der Waals surface area contributed by atoms with Crippen molar-refractivity contribution in [1.29, 1.82) is 0 Å². The second-order valence-corrected chi connectivity index (χ2v) is 25.6. The third-order valence-electron chi connectivity index (χ3n) is 15.1. The zero-order valence-corrected chi connectivity index (χ0v) is 52.3. The molecule has 1 aromatic rings. The fourth-order valence-corrected chi connectivity index (χ4v) is 11.0. The van der Waals surface area contributed by atoms with Gasteiger partial charge in [-0.15, -0.1) is 0 Å². The van der Waals surface area contributed by atoms with Crippen LogP contribution in [0.1, 0.15) is 120 Å². The van der Waals surface area contributed by atoms with Gasteiger partial charge in [0, 0.05) is 65.5 Å². The highest BCUT2D eigenvalue weighted by atomic mass is 32.2. The highest BCUT2D eigenvalue weighted by Gasteiger charge is 2.42. The molecular weight excluding hydrogens is 1080 g/mol. The summed E-state index contributed by atoms with van der Waals surface area (Å²) in [7, 11) is 4.64. The van der Waals surface area contributed by atoms with Crippen molar-refractivity contribution in [2.24, 2.45) is 17.8 Å². The molecule has 2 fully saturated rings. The van der Waals surface area contributed by atoms with Gasteiger partial charge in [-0.05, 0) is 90.0 Å². The van der Waals surface area contributed by atoms with E-state index in [1.54, 1.807) is 62.9 Å². The number of benzene rings is 1. The first kappa shape index (κ1) is 70.3. The third-order valence-corrected chi connectivity index (χ3v) is 16.4. The number of carbonyl (C=O) groups is 10. The molecule has 2 saturated heterocycles. The van der Waals surface area contributed by atoms with E-state index in [-0.39, 0.29) is 37.7 Å². The number of aliphatic hydroxyl groups is 1. The lowest BCUT2D eigenvalue weighted by Gasteiger charge is -2.37. The van der Waals surface area contributed by atoms with Gasteiger partial charge in [-0.25, -0.2) is 0 Å². The molecule has 0 aliphatic carbocycles. The summed E-state index contributed by atoms with van der Waals surface area (Å²) >= 11 is 0. The summed E-state index contributed by atoms with van der Waals surface area (Å²) in [6.07, 6.45) is 1.25. The molecular formula is C58H96N10O13S. The first-order chi connectivity index (χ1) is 38.2. The number of piperidine rings is 1. The zero-order chi connectivity index (χ0) is 62.1. The first-order valence-corrected chi connectivity index (χ1v) is 30.2. The SMILES string of the molecule is CC[C@H](C)[C@H]1C(=O)N[C@H](C(=O)N2CCCCC2)CS(=O)CC(=O)N(C)[C@@H](C)C(=O)N[C@@H](Cc2ccccc2)C(=O)N(C)[C@@H](CC(C)C)C(=O)N[C@@H]([C@@H](C)O)C(=O)N(C)CC(=O)N(C)[C@@H](CC(C)C)C(=O)N[C@@H](COC(C)(C)C)C(=O)N1C. The Labute approximate surface area is 488 Å². The Balaban J connectivity index is 2.25. The molecule has 0 saturated carbocycles. The van der Waals surface area contributed by atoms with Crippen LogP contribution in [0.2, 0.25) is 0 Å². The molecule has 0 aromatic heterocycles. The lowest BCUT2D eigenvalue weighted by Crippen LogP contribution is -2.62. The minimum absolute atomic E-state index is 0.0475. The topological polar surface area (TPSA) is 285 Å². The quantitative estimate of drug-likeness (QED) is 0.196. The molecule has 82 heavy (non-hydrogen) atoms. The van der Waals surface area contributed by atoms with Gasteiger partial charge in [-0.1, -0.05) is 78.3 Å². The van der Waals surface area contributed by atoms with Crippen LogP contribution in [0.4, 0.5) is 0 Å². The van der Waals surface area contributed by atoms with Gasteiger partial charge < -0.3 is 60.5 Å². The monoisotopic (exact) mass is 1170 g/mol. The maximum absolute atomic E-state index is 14.9. The molecule has 2 heterocycles. The normalized spacial score (nSPS) is 26.8. The minimum Gasteiger partial charge on any atom is -0.391 e. The number of aliphatic hydroxyl groups excluding tert-OH is 1. The third kappa shape index (κ3) is 20.7. The molecule has 24 heteroatoms. The highest BCUT2D eigenvalue weighted by Crippen LogP contribution is 2.21. The number of likely N-dealkylation sites (tertiary alicyclic amines) is 1. The average Bonchev–Trinajstić information content (AvgIpc) is 3.55. The summed E-state index contributed by atoms with van der Waals surface area (Å²) in [6, 6.07) is -2.00. The van der Waals surface area contributed by atoms with Crippen LogP contribution < -0.4 is 21.3 Å². The molecule has 0 radical (unpaired) electrons. The van der Waals surface area contributed by atoms with Gasteiger partial charge in [0.05, 0.1) is 30.6 Å². The smallest absolute Gasteiger partial charge is 0.248 e. The van der Waals surface area contributed by atoms with Gasteiger partial charge in [0.25, 0.3) is 0 Å². The Bertz CT molecular complexity index is 2400. The van der Waals surface area contributed by atoms with Crippen molar-refractivity contribution in [3.8, 4) is 0 Å². The standard InChI is InChI=1S/C58H96N10O13S/c1-17-37(6)49-53(75)61-43(56(78)68-26-22-19-23-27-68)33-82(80)34-47(71)64(13)38(7)50(72)59-41(30-40-24-20-18-21-25-40)54(76)66(15)45(29-36(4)5)52(74)62-48(39(8)69)57(79)63(12)31-46(70)65(14)44(28-35(2)3)51(73)60-42(55(77)67(49)16)32-81-58(9,10)11/h18,20-21,24-25,35-39,41-45,48-49,69H,17,19,22-23,26-34H2,1-16H3,(H,59,72)(H,60,73)(H,61,75)(H,62,74)/t37-,38-,39+,41-,42-,43-,44-,45-,48-,49-,82?/m0/s1. The molecule has 462 valence electrons. The van der Waals surface area contributed by atoms with Gasteiger partial charge in [0.1, 0.15) is 54.1 Å². The number of ether oxygens (including phenoxy) is 1. The van der Waals surface area contributed by atoms with Crippen LogP contribution in [0.25, 0.3) is 0 Å². The number of nitrogens with one attached hydrogen (secondary N) is 4. The molecule has 1 unspecified atom stereocenters. The fraction of sp³-hybridized carbons (Fsp3) is 0.724. The molecule has 2 aliphatic heterocycles. The number of amides is 10. The van der Waals surface area contributed by atoms with E-state index in [1.807, 2.05) is 34.6 Å². The number of hydrogen-bond donors (Lipinski definition) is 5. The number of rotatable bonds is 12. The molecule has 1 aromatic carbocycles. The Hall–Kier alpha value is -6.01. The molecule has 2 aliphatic rings. The molecule has 11 atom stereocenters. The van der Waals surface area contributed by atoms with Crippen LogP contribution in [0.5, 0.6) is 0 Å². The van der Waals surface area contributed by atoms with Crippen LogP contribution in [0.3, 0.4) is 0 Å². The number of hydrogen-bond acceptors (Lipinski definition) is 13. The van der Waals surface area contributed by atoms with Crippen LogP contribution in [0.15, 0.2) is 30.3 Å². The maximum Gasteiger partial charge on any atom is 0.248 e. The van der Waals surface area contributed by atoms with Crippen molar-refractivity contribution in [2.45, 2.75) is 181 Å². The summed E-state index contributed by atoms with van der Waals surface area (Å²) in [5.74, 6) is -9.47. The molecule has 3 rings (SSSR count). The van der Waals surface area contributed by atoms with Crippen molar-refractivity contribution in [3.05, 3.63) is 35.9 Å². The number of nitrogens with zero attached hydrogens (tertiary/aromatic N) is 6. The van der Waals surface area contributed by atoms with Gasteiger partial charge in [0.2, 0.25) is 59.1 Å². The van der Waals surface area contributed by atoms with Crippen molar-refractivity contribution >= 4 is 69.9 Å². The van der Waals surface area contributed by atoms with Crippen LogP contribution >= 0.6 is 0 Å². The van der Waals surface area contributed by atoms with Crippen LogP contribution in [0, 0.1) is 17.8 Å². The average molecular weight is 1170 g/mol. The van der Waals surface area contributed by atoms with E-state index >= 15 is 0 Å². The van der Waals surface area contributed by atoms with E-state index in [0.717, 1.165) is 26.0 Å². The van der Waals surface area contributed by atoms with Crippen LogP contribution in [-0.4, -0.2) is 231 Å². The zero-order valence-electron chi connectivity index (χ0n) is 51.4. The fourth-order valence-electron chi connectivity index (χ4n) is 9.80. The van der Waals surface area contributed by atoms with E-state index in [4.69, 9.17) is 4.74 Å². The summed E-state index contributed by atoms with van der Waals surface area (Å²) < 4.78 is 20.3. The summed E-state index contributed by atoms with van der Waals surface area (Å²) in [6.45, 7) is 18.6. The van der Waals surface area contributed by atoms with E-state index in [2.05, 4.69) is 21.3 Å². The Morgan fingerprint density at radius 3 is 1.76 bits per heavy atom. The second kappa shape index (κ2) is 32.2. The first-order valence-electron chi connectivity index (χ1n) is 28.7. The van der Waals surface area contributed by atoms with Gasteiger partial charge >= 0.3 is 0 Å². The number of likely N-dealkylation sites (N-methyl/N-ethyl adjacent to an activating group) is 5. The van der Waals surface area contributed by atoms with Crippen molar-refractivity contribution in [2.75, 3.05) is 73.0 Å². The molecule has 10 amide bonds. The Kier molecular flexibility index (Phi) is 27.6. The predicted octanol–water partition coefficient (Wildman–Crippen LogP) is 1.06. The van der Waals surface area contributed by atoms with E-state index in [0.29, 0.717) is 37.9 Å². The van der Waals surface area contributed by atoms with Gasteiger partial charge in [-0.2, -0.15) is 0 Å². The maximum atomic E-state index is 14.9. The lowest BCUT2D eigenvalue weighted by molar-refractivity contribution is -0.149. The predicted molar refractivity (Wildman–Crippen MR) is 311 cm³/mol. The van der Waals surface area contributed by atoms with E-state index in [1.165, 1.54) is 54.0 Å². The molecule has 5 N–H and O–H groups in total. The highest BCUT2D eigenvalue weighted by molar-refractivity contribution is 7.85. The number of carbonyl (C=O) groups excluding carboxylic acids is 10. The van der Waals surface area contributed by atoms with Crippen LogP contribution in [-0.2, 0) is 69.9 Å². The summed E-state index contributed by atoms with van der Waals surface area (Å²) in [5, 5.41) is 22.0. The van der Waals surface area contributed by atoms with E-state index < -0.39 is 154 Å². The minimum atomic E-state index is -2.13. The van der Waals surface area contributed by atoms with Crippen molar-refractivity contribution in [3.63, 3.8) is 0 Å². The van der Waals surface area contributed by atoms with Gasteiger partial charge in [-0.3, -0.25) is 52.2 Å². The summed E-state index contributed by atoms with van der Waals surface area (Å²) in [5.41, 5.74) is -0.172. The molecule has 23 nitrogen and oxygen atoms in total. The second-order valence-electron chi connectivity index (χ2n) is 24.1. The van der Waals surface area contributed by atoms with E-state index in [9.17, 15) is 57.3 Å². The van der Waals surface area contributed by atoms with Crippen molar-refractivity contribution in [1.82, 2.24) is 50.7 Å². The van der Waals surface area contributed by atoms with Crippen molar-refractivity contribution < 1.29 is 62.0 Å². The largest absolute Gasteiger partial charge is 0.391 e. The lowest BCUT2D eigenvalue weighted by atomic mass is 9.95. The Morgan fingerprint density at radius 1 is 0.683 bits per heavy atom. The molecule has 0 spiro atoms. The van der Waals surface area contributed by atoms with Gasteiger partial charge in [0.15, 0.2) is 0 Å². The summed E-state index contributed by atoms with van der Waals surface area (Å²) in [4.78, 5) is 152. The molecule has 0 bridgehead atoms. The Morgan fingerprint density at radius 2 is 1.22 bits per heavy atom.